The van der Waals surface area contributed by atoms with Gasteiger partial charge in [0.15, 0.2) is 0 Å². The second kappa shape index (κ2) is 7.31. The first-order chi connectivity index (χ1) is 13.9. The molecule has 1 N–H and O–H groups in total. The monoisotopic (exact) mass is 395 g/mol. The maximum absolute atomic E-state index is 13.2. The number of amides is 4. The van der Waals surface area contributed by atoms with E-state index < -0.39 is 23.3 Å². The number of likely N-dealkylation sites (tertiary alicyclic amines) is 1. The van der Waals surface area contributed by atoms with Crippen LogP contribution in [0.4, 0.5) is 9.18 Å². The Hall–Kier alpha value is -3.22. The third-order valence-corrected chi connectivity index (χ3v) is 5.75. The molecule has 150 valence electrons. The van der Waals surface area contributed by atoms with Crippen molar-refractivity contribution in [3.8, 4) is 0 Å². The number of carbonyl (C=O) groups excluding carboxylic acids is 3. The summed E-state index contributed by atoms with van der Waals surface area (Å²) in [5, 5.41) is 2.65. The van der Waals surface area contributed by atoms with E-state index in [0.29, 0.717) is 12.1 Å². The predicted octanol–water partition coefficient (Wildman–Crippen LogP) is 2.96. The molecule has 6 nitrogen and oxygen atoms in total. The molecule has 0 bridgehead atoms. The third kappa shape index (κ3) is 3.37. The van der Waals surface area contributed by atoms with Gasteiger partial charge in [0.05, 0.1) is 6.04 Å². The first-order valence-corrected chi connectivity index (χ1v) is 9.65. The average Bonchev–Trinajstić information content (AvgIpc) is 3.29. The maximum atomic E-state index is 13.2. The molecule has 4 amide bonds. The third-order valence-electron chi connectivity index (χ3n) is 5.75. The van der Waals surface area contributed by atoms with Crippen molar-refractivity contribution < 1.29 is 18.8 Å². The van der Waals surface area contributed by atoms with Gasteiger partial charge in [-0.05, 0) is 43.0 Å². The van der Waals surface area contributed by atoms with Gasteiger partial charge in [-0.3, -0.25) is 14.5 Å². The molecule has 2 aromatic carbocycles. The van der Waals surface area contributed by atoms with Crippen molar-refractivity contribution in [1.82, 2.24) is 15.1 Å². The molecule has 4 rings (SSSR count). The van der Waals surface area contributed by atoms with E-state index in [0.717, 1.165) is 23.3 Å². The normalized spacial score (nSPS) is 24.1. The summed E-state index contributed by atoms with van der Waals surface area (Å²) in [6, 6.07) is 14.5. The van der Waals surface area contributed by atoms with Crippen LogP contribution in [-0.2, 0) is 15.1 Å². The second-order valence-corrected chi connectivity index (χ2v) is 7.61. The van der Waals surface area contributed by atoms with Crippen molar-refractivity contribution in [3.63, 3.8) is 0 Å². The highest BCUT2D eigenvalue weighted by Crippen LogP contribution is 2.33. The molecule has 2 aromatic rings. The zero-order valence-corrected chi connectivity index (χ0v) is 16.1. The number of hydrogen-bond donors (Lipinski definition) is 1. The number of nitrogens with one attached hydrogen (secondary N) is 1. The minimum absolute atomic E-state index is 0.0482. The number of hydrogen-bond acceptors (Lipinski definition) is 3. The van der Waals surface area contributed by atoms with Gasteiger partial charge in [-0.15, -0.1) is 0 Å². The predicted molar refractivity (Wildman–Crippen MR) is 104 cm³/mol. The topological polar surface area (TPSA) is 69.7 Å². The first-order valence-electron chi connectivity index (χ1n) is 9.65. The van der Waals surface area contributed by atoms with Crippen LogP contribution >= 0.6 is 0 Å². The fourth-order valence-electron chi connectivity index (χ4n) is 4.13. The lowest BCUT2D eigenvalue weighted by molar-refractivity contribution is -0.139. The van der Waals surface area contributed by atoms with E-state index in [1.165, 1.54) is 24.3 Å². The minimum atomic E-state index is -1.32. The van der Waals surface area contributed by atoms with Crippen molar-refractivity contribution >= 4 is 17.8 Å². The molecule has 2 aliphatic heterocycles. The highest BCUT2D eigenvalue weighted by atomic mass is 19.1. The summed E-state index contributed by atoms with van der Waals surface area (Å²) < 4.78 is 13.2. The maximum Gasteiger partial charge on any atom is 0.325 e. The zero-order valence-electron chi connectivity index (χ0n) is 16.1. The fourth-order valence-corrected chi connectivity index (χ4v) is 4.13. The largest absolute Gasteiger partial charge is 0.334 e. The summed E-state index contributed by atoms with van der Waals surface area (Å²) >= 11 is 0. The lowest BCUT2D eigenvalue weighted by Gasteiger charge is -2.27. The SMILES string of the molecule is C[C@]1(c2ccc(F)cc2)NC(=O)N(CC(=O)N2CCC[C@H]2c2ccccc2)C1=O. The van der Waals surface area contributed by atoms with Crippen molar-refractivity contribution in [1.29, 1.82) is 0 Å². The molecule has 0 aliphatic carbocycles. The Bertz CT molecular complexity index is 948. The molecule has 0 aromatic heterocycles. The summed E-state index contributed by atoms with van der Waals surface area (Å²) in [6.07, 6.45) is 1.72. The lowest BCUT2D eigenvalue weighted by Crippen LogP contribution is -2.44. The smallest absolute Gasteiger partial charge is 0.325 e. The van der Waals surface area contributed by atoms with Crippen molar-refractivity contribution in [3.05, 3.63) is 71.5 Å². The van der Waals surface area contributed by atoms with Gasteiger partial charge in [0.1, 0.15) is 17.9 Å². The summed E-state index contributed by atoms with van der Waals surface area (Å²) in [4.78, 5) is 41.2. The van der Waals surface area contributed by atoms with Gasteiger partial charge >= 0.3 is 6.03 Å². The van der Waals surface area contributed by atoms with Crippen LogP contribution in [-0.4, -0.2) is 40.7 Å². The summed E-state index contributed by atoms with van der Waals surface area (Å²) in [7, 11) is 0. The Morgan fingerprint density at radius 1 is 1.14 bits per heavy atom. The molecule has 7 heteroatoms. The van der Waals surface area contributed by atoms with Gasteiger partial charge in [0.25, 0.3) is 5.91 Å². The van der Waals surface area contributed by atoms with E-state index in [4.69, 9.17) is 0 Å². The molecule has 0 radical (unpaired) electrons. The number of imide groups is 1. The van der Waals surface area contributed by atoms with Crippen molar-refractivity contribution in [2.24, 2.45) is 0 Å². The van der Waals surface area contributed by atoms with Crippen LogP contribution in [0.3, 0.4) is 0 Å². The van der Waals surface area contributed by atoms with Crippen LogP contribution in [0.1, 0.15) is 36.9 Å². The van der Waals surface area contributed by atoms with E-state index in [1.54, 1.807) is 11.8 Å². The van der Waals surface area contributed by atoms with E-state index >= 15 is 0 Å². The van der Waals surface area contributed by atoms with Crippen LogP contribution in [0, 0.1) is 5.82 Å². The van der Waals surface area contributed by atoms with Gasteiger partial charge in [-0.25, -0.2) is 9.18 Å². The van der Waals surface area contributed by atoms with E-state index in [-0.39, 0.29) is 18.5 Å². The van der Waals surface area contributed by atoms with Gasteiger partial charge in [-0.1, -0.05) is 42.5 Å². The molecule has 2 heterocycles. The highest BCUT2D eigenvalue weighted by Gasteiger charge is 2.50. The summed E-state index contributed by atoms with van der Waals surface area (Å²) in [5.41, 5.74) is 0.191. The number of carbonyl (C=O) groups is 3. The molecule has 2 atom stereocenters. The Morgan fingerprint density at radius 3 is 2.52 bits per heavy atom. The van der Waals surface area contributed by atoms with Crippen LogP contribution in [0.15, 0.2) is 54.6 Å². The molecule has 0 saturated carbocycles. The van der Waals surface area contributed by atoms with Crippen LogP contribution in [0.2, 0.25) is 0 Å². The molecule has 29 heavy (non-hydrogen) atoms. The van der Waals surface area contributed by atoms with E-state index in [9.17, 15) is 18.8 Å². The molecular formula is C22H22FN3O3. The van der Waals surface area contributed by atoms with Crippen molar-refractivity contribution in [2.75, 3.05) is 13.1 Å². The molecule has 2 fully saturated rings. The molecule has 2 saturated heterocycles. The number of nitrogens with zero attached hydrogens (tertiary/aromatic N) is 2. The summed E-state index contributed by atoms with van der Waals surface area (Å²) in [5.74, 6) is -1.21. The quantitative estimate of drug-likeness (QED) is 0.810. The molecular weight excluding hydrogens is 373 g/mol. The minimum Gasteiger partial charge on any atom is -0.334 e. The number of rotatable bonds is 4. The highest BCUT2D eigenvalue weighted by molar-refractivity contribution is 6.09. The van der Waals surface area contributed by atoms with Gasteiger partial charge in [0, 0.05) is 6.54 Å². The fraction of sp³-hybridized carbons (Fsp3) is 0.318. The molecule has 2 aliphatic rings. The zero-order chi connectivity index (χ0) is 20.6. The Labute approximate surface area is 168 Å². The second-order valence-electron chi connectivity index (χ2n) is 7.61. The van der Waals surface area contributed by atoms with E-state index in [2.05, 4.69) is 5.32 Å². The van der Waals surface area contributed by atoms with E-state index in [1.807, 2.05) is 30.3 Å². The first kappa shape index (κ1) is 19.1. The van der Waals surface area contributed by atoms with Crippen LogP contribution < -0.4 is 5.32 Å². The van der Waals surface area contributed by atoms with Crippen LogP contribution in [0.25, 0.3) is 0 Å². The standard InChI is InChI=1S/C22H22FN3O3/c1-22(16-9-11-17(23)12-10-16)20(28)26(21(29)24-22)14-19(27)25-13-5-8-18(25)15-6-3-2-4-7-15/h2-4,6-7,9-12,18H,5,8,13-14H2,1H3,(H,24,29)/t18-,22+/m0/s1. The van der Waals surface area contributed by atoms with Gasteiger partial charge in [0.2, 0.25) is 5.91 Å². The average molecular weight is 395 g/mol. The Morgan fingerprint density at radius 2 is 1.83 bits per heavy atom. The van der Waals surface area contributed by atoms with Crippen LogP contribution in [0.5, 0.6) is 0 Å². The van der Waals surface area contributed by atoms with Gasteiger partial charge in [-0.2, -0.15) is 0 Å². The van der Waals surface area contributed by atoms with Gasteiger partial charge < -0.3 is 10.2 Å². The van der Waals surface area contributed by atoms with Crippen molar-refractivity contribution in [2.45, 2.75) is 31.3 Å². The number of benzene rings is 2. The Kier molecular flexibility index (Phi) is 4.82. The lowest BCUT2D eigenvalue weighted by atomic mass is 9.92. The number of urea groups is 1. The Balaban J connectivity index is 1.52. The molecule has 0 spiro atoms. The number of halogens is 1. The molecule has 0 unspecified atom stereocenters. The summed E-state index contributed by atoms with van der Waals surface area (Å²) in [6.45, 7) is 1.84.